The minimum absolute atomic E-state index is 0. The number of nitrogens with one attached hydrogen (secondary N) is 2. The van der Waals surface area contributed by atoms with Crippen LogP contribution in [-0.4, -0.2) is 30.5 Å². The van der Waals surface area contributed by atoms with Crippen LogP contribution < -0.4 is 10.6 Å². The lowest BCUT2D eigenvalue weighted by molar-refractivity contribution is -0.385. The molecule has 6 nitrogen and oxygen atoms in total. The summed E-state index contributed by atoms with van der Waals surface area (Å²) < 4.78 is 0. The Labute approximate surface area is 136 Å². The molecule has 0 atom stereocenters. The Hall–Kier alpha value is -1.66. The van der Waals surface area contributed by atoms with Gasteiger partial charge in [-0.3, -0.25) is 14.9 Å². The van der Waals surface area contributed by atoms with E-state index in [2.05, 4.69) is 17.6 Å². The van der Waals surface area contributed by atoms with Gasteiger partial charge in [-0.15, -0.1) is 12.4 Å². The smallest absolute Gasteiger partial charge is 0.273 e. The Morgan fingerprint density at radius 3 is 2.64 bits per heavy atom. The van der Waals surface area contributed by atoms with Gasteiger partial charge in [0.1, 0.15) is 0 Å². The minimum atomic E-state index is -0.458. The van der Waals surface area contributed by atoms with Crippen LogP contribution in [0.5, 0.6) is 0 Å². The second-order valence-electron chi connectivity index (χ2n) is 5.95. The van der Waals surface area contributed by atoms with Crippen LogP contribution >= 0.6 is 12.4 Å². The van der Waals surface area contributed by atoms with Crippen molar-refractivity contribution in [1.82, 2.24) is 10.6 Å². The summed E-state index contributed by atoms with van der Waals surface area (Å²) in [6.07, 6.45) is 2.03. The highest BCUT2D eigenvalue weighted by atomic mass is 35.5. The largest absolute Gasteiger partial charge is 0.351 e. The van der Waals surface area contributed by atoms with Crippen LogP contribution in [0.3, 0.4) is 0 Å². The monoisotopic (exact) mass is 327 g/mol. The quantitative estimate of drug-likeness (QED) is 0.657. The van der Waals surface area contributed by atoms with Gasteiger partial charge >= 0.3 is 0 Å². The number of piperidine rings is 1. The molecule has 0 saturated carbocycles. The molecule has 1 aliphatic heterocycles. The van der Waals surface area contributed by atoms with Crippen LogP contribution in [0.25, 0.3) is 0 Å². The average Bonchev–Trinajstić information content (AvgIpc) is 2.45. The van der Waals surface area contributed by atoms with Gasteiger partial charge in [0.25, 0.3) is 11.6 Å². The number of amides is 1. The second-order valence-corrected chi connectivity index (χ2v) is 5.95. The molecule has 122 valence electrons. The first-order valence-corrected chi connectivity index (χ1v) is 7.16. The second kappa shape index (κ2) is 7.56. The van der Waals surface area contributed by atoms with E-state index in [0.29, 0.717) is 17.7 Å². The molecule has 1 amide bonds. The highest BCUT2D eigenvalue weighted by Crippen LogP contribution is 2.27. The summed E-state index contributed by atoms with van der Waals surface area (Å²) in [6, 6.07) is 4.59. The first-order chi connectivity index (χ1) is 9.93. The molecule has 1 heterocycles. The van der Waals surface area contributed by atoms with Crippen LogP contribution in [0.1, 0.15) is 35.7 Å². The lowest BCUT2D eigenvalue weighted by Gasteiger charge is -2.34. The van der Waals surface area contributed by atoms with E-state index < -0.39 is 4.92 Å². The maximum atomic E-state index is 12.3. The van der Waals surface area contributed by atoms with E-state index in [4.69, 9.17) is 0 Å². The summed E-state index contributed by atoms with van der Waals surface area (Å²) in [5, 5.41) is 17.1. The molecule has 1 aliphatic rings. The van der Waals surface area contributed by atoms with E-state index in [1.807, 2.05) is 0 Å². The van der Waals surface area contributed by atoms with Crippen molar-refractivity contribution < 1.29 is 9.72 Å². The number of halogens is 1. The van der Waals surface area contributed by atoms with Gasteiger partial charge in [0.05, 0.1) is 4.92 Å². The highest BCUT2D eigenvalue weighted by Gasteiger charge is 2.27. The molecule has 0 unspecified atom stereocenters. The van der Waals surface area contributed by atoms with Gasteiger partial charge in [-0.2, -0.15) is 0 Å². The van der Waals surface area contributed by atoms with Crippen molar-refractivity contribution in [1.29, 1.82) is 0 Å². The molecule has 0 bridgehead atoms. The Morgan fingerprint density at radius 2 is 2.05 bits per heavy atom. The van der Waals surface area contributed by atoms with E-state index in [9.17, 15) is 14.9 Å². The number of nitro groups is 1. The molecular formula is C15H22ClN3O3. The Bertz CT molecular complexity index is 557. The topological polar surface area (TPSA) is 84.3 Å². The maximum Gasteiger partial charge on any atom is 0.273 e. The molecule has 2 N–H and O–H groups in total. The number of carbonyl (C=O) groups excluding carboxylic acids is 1. The van der Waals surface area contributed by atoms with Gasteiger partial charge in [0.2, 0.25) is 0 Å². The fourth-order valence-corrected chi connectivity index (χ4v) is 2.66. The lowest BCUT2D eigenvalue weighted by atomic mass is 9.81. The van der Waals surface area contributed by atoms with E-state index in [1.54, 1.807) is 19.1 Å². The number of benzene rings is 1. The summed E-state index contributed by atoms with van der Waals surface area (Å²) in [5.74, 6) is -0.240. The molecule has 1 saturated heterocycles. The van der Waals surface area contributed by atoms with Crippen LogP contribution in [0, 0.1) is 22.5 Å². The van der Waals surface area contributed by atoms with Crippen LogP contribution in [0.4, 0.5) is 5.69 Å². The third-order valence-electron chi connectivity index (χ3n) is 4.23. The zero-order chi connectivity index (χ0) is 15.5. The standard InChI is InChI=1S/C15H21N3O3.ClH/c1-11-12(4-3-5-13(11)18(20)21)14(19)17-10-15(2)6-8-16-9-7-15;/h3-5,16H,6-10H2,1-2H3,(H,17,19);1H. The number of nitro benzene ring substituents is 1. The van der Waals surface area contributed by atoms with E-state index in [1.165, 1.54) is 6.07 Å². The van der Waals surface area contributed by atoms with Gasteiger partial charge in [0, 0.05) is 23.7 Å². The number of rotatable bonds is 4. The van der Waals surface area contributed by atoms with Crippen molar-refractivity contribution in [2.45, 2.75) is 26.7 Å². The average molecular weight is 328 g/mol. The SMILES string of the molecule is Cc1c(C(=O)NCC2(C)CCNCC2)cccc1[N+](=O)[O-].Cl. The molecule has 0 radical (unpaired) electrons. The van der Waals surface area contributed by atoms with Crippen molar-refractivity contribution in [3.63, 3.8) is 0 Å². The highest BCUT2D eigenvalue weighted by molar-refractivity contribution is 5.96. The van der Waals surface area contributed by atoms with E-state index in [0.717, 1.165) is 25.9 Å². The summed E-state index contributed by atoms with van der Waals surface area (Å²) in [4.78, 5) is 22.7. The lowest BCUT2D eigenvalue weighted by Crippen LogP contribution is -2.43. The van der Waals surface area contributed by atoms with E-state index in [-0.39, 0.29) is 29.4 Å². The molecule has 7 heteroatoms. The minimum Gasteiger partial charge on any atom is -0.351 e. The van der Waals surface area contributed by atoms with Crippen molar-refractivity contribution >= 4 is 24.0 Å². The molecule has 2 rings (SSSR count). The van der Waals surface area contributed by atoms with Gasteiger partial charge < -0.3 is 10.6 Å². The third-order valence-corrected chi connectivity index (χ3v) is 4.23. The summed E-state index contributed by atoms with van der Waals surface area (Å²) >= 11 is 0. The molecule has 0 aromatic heterocycles. The molecular weight excluding hydrogens is 306 g/mol. The predicted molar refractivity (Wildman–Crippen MR) is 87.6 cm³/mol. The predicted octanol–water partition coefficient (Wildman–Crippen LogP) is 2.44. The third kappa shape index (κ3) is 4.18. The van der Waals surface area contributed by atoms with Crippen molar-refractivity contribution in [2.24, 2.45) is 5.41 Å². The Kier molecular flexibility index (Phi) is 6.32. The van der Waals surface area contributed by atoms with Crippen molar-refractivity contribution in [3.05, 3.63) is 39.4 Å². The first-order valence-electron chi connectivity index (χ1n) is 7.16. The molecule has 1 aromatic carbocycles. The maximum absolute atomic E-state index is 12.3. The van der Waals surface area contributed by atoms with Crippen molar-refractivity contribution in [3.8, 4) is 0 Å². The molecule has 1 aromatic rings. The number of nitrogens with zero attached hydrogens (tertiary/aromatic N) is 1. The fraction of sp³-hybridized carbons (Fsp3) is 0.533. The van der Waals surface area contributed by atoms with Crippen LogP contribution in [0.15, 0.2) is 18.2 Å². The summed E-state index contributed by atoms with van der Waals surface area (Å²) in [6.45, 7) is 6.29. The molecule has 0 spiro atoms. The Balaban J connectivity index is 0.00000242. The van der Waals surface area contributed by atoms with Crippen molar-refractivity contribution in [2.75, 3.05) is 19.6 Å². The zero-order valence-electron chi connectivity index (χ0n) is 12.8. The molecule has 1 fully saturated rings. The zero-order valence-corrected chi connectivity index (χ0v) is 13.7. The molecule has 22 heavy (non-hydrogen) atoms. The summed E-state index contributed by atoms with van der Waals surface area (Å²) in [7, 11) is 0. The number of carbonyl (C=O) groups is 1. The first kappa shape index (κ1) is 18.4. The summed E-state index contributed by atoms with van der Waals surface area (Å²) in [5.41, 5.74) is 0.864. The molecule has 0 aliphatic carbocycles. The normalized spacial score (nSPS) is 16.5. The van der Waals surface area contributed by atoms with E-state index >= 15 is 0 Å². The number of hydrogen-bond donors (Lipinski definition) is 2. The van der Waals surface area contributed by atoms with Gasteiger partial charge in [-0.05, 0) is 44.3 Å². The van der Waals surface area contributed by atoms with Gasteiger partial charge in [0.15, 0.2) is 0 Å². The van der Waals surface area contributed by atoms with Crippen LogP contribution in [0.2, 0.25) is 0 Å². The fourth-order valence-electron chi connectivity index (χ4n) is 2.66. The Morgan fingerprint density at radius 1 is 1.41 bits per heavy atom. The van der Waals surface area contributed by atoms with Crippen LogP contribution in [-0.2, 0) is 0 Å². The van der Waals surface area contributed by atoms with Gasteiger partial charge in [-0.1, -0.05) is 13.0 Å². The van der Waals surface area contributed by atoms with Gasteiger partial charge in [-0.25, -0.2) is 0 Å². The number of hydrogen-bond acceptors (Lipinski definition) is 4.